The molecule has 0 atom stereocenters. The minimum atomic E-state index is -0.203. The van der Waals surface area contributed by atoms with Crippen molar-refractivity contribution in [2.45, 2.75) is 52.4 Å². The number of hydrogen-bond donors (Lipinski definition) is 0. The summed E-state index contributed by atoms with van der Waals surface area (Å²) in [6, 6.07) is 22.0. The van der Waals surface area contributed by atoms with E-state index in [9.17, 15) is 8.96 Å². The van der Waals surface area contributed by atoms with Crippen molar-refractivity contribution in [3.63, 3.8) is 0 Å². The Balaban J connectivity index is 1.68. The Morgan fingerprint density at radius 2 is 1.45 bits per heavy atom. The van der Waals surface area contributed by atoms with E-state index in [4.69, 9.17) is 0 Å². The number of hydrogen-bond acceptors (Lipinski definition) is 1. The second-order valence-electron chi connectivity index (χ2n) is 8.02. The summed E-state index contributed by atoms with van der Waals surface area (Å²) in [5.41, 5.74) is 5.97. The highest BCUT2D eigenvalue weighted by Gasteiger charge is 2.08. The molecule has 0 aliphatic rings. The molecule has 3 rings (SSSR count). The van der Waals surface area contributed by atoms with Gasteiger partial charge in [-0.25, -0.2) is 4.39 Å². The van der Waals surface area contributed by atoms with Crippen LogP contribution in [0.2, 0.25) is 0 Å². The molecule has 0 fully saturated rings. The first kappa shape index (κ1) is 23.1. The van der Waals surface area contributed by atoms with Gasteiger partial charge in [0.1, 0.15) is 5.82 Å². The van der Waals surface area contributed by atoms with Crippen LogP contribution in [0.1, 0.15) is 50.7 Å². The maximum Gasteiger partial charge on any atom is 0.187 e. The largest absolute Gasteiger partial charge is 0.270 e. The van der Waals surface area contributed by atoms with Gasteiger partial charge in [-0.2, -0.15) is 0 Å². The molecule has 31 heavy (non-hydrogen) atoms. The maximum absolute atomic E-state index is 14.9. The molecule has 0 bridgehead atoms. The number of benzene rings is 3. The Morgan fingerprint density at radius 1 is 0.839 bits per heavy atom. The van der Waals surface area contributed by atoms with Crippen molar-refractivity contribution >= 4 is 8.46 Å². The lowest BCUT2D eigenvalue weighted by molar-refractivity contribution is 0.601. The zero-order chi connectivity index (χ0) is 22.1. The van der Waals surface area contributed by atoms with E-state index in [0.29, 0.717) is 5.56 Å². The fraction of sp³-hybridized carbons (Fsp3) is 0.286. The molecule has 3 heteroatoms. The summed E-state index contributed by atoms with van der Waals surface area (Å²) < 4.78 is 25.7. The Kier molecular flexibility index (Phi) is 8.74. The summed E-state index contributed by atoms with van der Waals surface area (Å²) in [6.45, 7) is 4.07. The predicted octanol–water partition coefficient (Wildman–Crippen LogP) is 9.02. The van der Waals surface area contributed by atoms with E-state index in [1.165, 1.54) is 30.4 Å². The monoisotopic (exact) mass is 432 g/mol. The summed E-state index contributed by atoms with van der Waals surface area (Å²) >= 11 is 0. The average Bonchev–Trinajstić information content (AvgIpc) is 2.80. The van der Waals surface area contributed by atoms with Gasteiger partial charge in [-0.15, -0.1) is 0 Å². The molecule has 0 N–H and O–H groups in total. The van der Waals surface area contributed by atoms with Gasteiger partial charge in [-0.05, 0) is 66.5 Å². The van der Waals surface area contributed by atoms with Gasteiger partial charge < -0.3 is 0 Å². The highest BCUT2D eigenvalue weighted by Crippen LogP contribution is 2.29. The van der Waals surface area contributed by atoms with Crippen molar-refractivity contribution in [2.24, 2.45) is 0 Å². The third kappa shape index (κ3) is 6.71. The van der Waals surface area contributed by atoms with Gasteiger partial charge in [0, 0.05) is 10.9 Å². The lowest BCUT2D eigenvalue weighted by Gasteiger charge is -2.09. The summed E-state index contributed by atoms with van der Waals surface area (Å²) in [5.74, 6) is -0.203. The van der Waals surface area contributed by atoms with Crippen LogP contribution in [-0.2, 0) is 17.4 Å². The summed E-state index contributed by atoms with van der Waals surface area (Å²) in [5, 5.41) is 0.852. The van der Waals surface area contributed by atoms with Gasteiger partial charge in [0.25, 0.3) is 0 Å². The van der Waals surface area contributed by atoms with Crippen LogP contribution in [0.4, 0.5) is 4.39 Å². The number of halogens is 1. The smallest absolute Gasteiger partial charge is 0.187 e. The van der Waals surface area contributed by atoms with Gasteiger partial charge in [0.2, 0.25) is 0 Å². The second-order valence-corrected chi connectivity index (χ2v) is 8.91. The lowest BCUT2D eigenvalue weighted by Crippen LogP contribution is -1.89. The fourth-order valence-corrected chi connectivity index (χ4v) is 3.91. The highest BCUT2D eigenvalue weighted by molar-refractivity contribution is 7.29. The molecule has 0 unspecified atom stereocenters. The average molecular weight is 433 g/mol. The van der Waals surface area contributed by atoms with Crippen molar-refractivity contribution in [1.82, 2.24) is 0 Å². The Bertz CT molecular complexity index is 1020. The molecule has 0 aliphatic carbocycles. The van der Waals surface area contributed by atoms with Crippen LogP contribution >= 0.6 is 8.46 Å². The normalized spacial score (nSPS) is 11.8. The number of aryl methyl sites for hydroxylation is 2. The minimum Gasteiger partial charge on any atom is -0.270 e. The van der Waals surface area contributed by atoms with E-state index < -0.39 is 0 Å². The van der Waals surface area contributed by atoms with E-state index >= 15 is 0 Å². The van der Waals surface area contributed by atoms with E-state index in [2.05, 4.69) is 31.2 Å². The van der Waals surface area contributed by atoms with Crippen LogP contribution in [0.5, 0.6) is 0 Å². The summed E-state index contributed by atoms with van der Waals surface area (Å²) in [7, 11) is 0.0838. The molecule has 0 saturated heterocycles. The van der Waals surface area contributed by atoms with E-state index in [-0.39, 0.29) is 14.3 Å². The number of rotatable bonds is 10. The molecular formula is C28H30FOP. The van der Waals surface area contributed by atoms with Gasteiger partial charge >= 0.3 is 0 Å². The van der Waals surface area contributed by atoms with Crippen LogP contribution in [-0.4, -0.2) is 0 Å². The highest BCUT2D eigenvalue weighted by atomic mass is 31.1. The third-order valence-corrected chi connectivity index (χ3v) is 6.08. The van der Waals surface area contributed by atoms with Gasteiger partial charge in [0.05, 0.1) is 0 Å². The Morgan fingerprint density at radius 3 is 2.06 bits per heavy atom. The van der Waals surface area contributed by atoms with Gasteiger partial charge in [-0.1, -0.05) is 86.5 Å². The van der Waals surface area contributed by atoms with Crippen LogP contribution in [0.15, 0.2) is 78.1 Å². The van der Waals surface area contributed by atoms with Crippen molar-refractivity contribution < 1.29 is 8.96 Å². The van der Waals surface area contributed by atoms with Crippen molar-refractivity contribution in [3.05, 3.63) is 95.1 Å². The van der Waals surface area contributed by atoms with Crippen LogP contribution in [0.3, 0.4) is 0 Å². The molecular weight excluding hydrogens is 402 g/mol. The summed E-state index contributed by atoms with van der Waals surface area (Å²) in [4.78, 5) is 0. The molecule has 0 heterocycles. The zero-order valence-corrected chi connectivity index (χ0v) is 19.3. The minimum absolute atomic E-state index is 0.0838. The van der Waals surface area contributed by atoms with Crippen molar-refractivity contribution in [3.8, 4) is 22.3 Å². The van der Waals surface area contributed by atoms with Crippen molar-refractivity contribution in [1.29, 1.82) is 0 Å². The quantitative estimate of drug-likeness (QED) is 0.231. The first-order chi connectivity index (χ1) is 15.1. The molecule has 0 saturated carbocycles. The van der Waals surface area contributed by atoms with Crippen LogP contribution in [0.25, 0.3) is 22.3 Å². The Hall–Kier alpha value is -2.57. The first-order valence-corrected chi connectivity index (χ1v) is 11.9. The standard InChI is InChI=1S/C28H30FOP/c1-3-4-5-8-22-10-14-24(15-11-22)26-18-19-27(28(29)20-26)25-16-12-23(13-17-25)9-6-7-21(2)31-30/h7,10-20H,3-6,8-9H2,1-2H3/b21-7+. The number of allylic oxidation sites excluding steroid dienone is 2. The molecule has 3 aromatic carbocycles. The van der Waals surface area contributed by atoms with E-state index in [1.807, 2.05) is 49.4 Å². The van der Waals surface area contributed by atoms with Crippen LogP contribution in [0, 0.1) is 5.82 Å². The van der Waals surface area contributed by atoms with Crippen molar-refractivity contribution in [2.75, 3.05) is 0 Å². The molecule has 1 nitrogen and oxygen atoms in total. The molecule has 0 radical (unpaired) electrons. The van der Waals surface area contributed by atoms with E-state index in [0.717, 1.165) is 41.3 Å². The molecule has 3 aromatic rings. The molecule has 160 valence electrons. The number of unbranched alkanes of at least 4 members (excludes halogenated alkanes) is 2. The molecule has 0 amide bonds. The topological polar surface area (TPSA) is 17.1 Å². The van der Waals surface area contributed by atoms with Crippen LogP contribution < -0.4 is 0 Å². The Labute approximate surface area is 187 Å². The van der Waals surface area contributed by atoms with Gasteiger partial charge in [-0.3, -0.25) is 4.57 Å². The first-order valence-electron chi connectivity index (χ1n) is 11.1. The summed E-state index contributed by atoms with van der Waals surface area (Å²) in [6.07, 6.45) is 8.52. The fourth-order valence-electron chi connectivity index (χ4n) is 3.71. The maximum atomic E-state index is 14.9. The second kappa shape index (κ2) is 11.7. The van der Waals surface area contributed by atoms with Gasteiger partial charge in [0.15, 0.2) is 8.46 Å². The molecule has 0 aliphatic heterocycles. The SMILES string of the molecule is CCCCCc1ccc(-c2ccc(-c3ccc(CC/C=C(\C)P=O)cc3)c(F)c2)cc1. The van der Waals surface area contributed by atoms with E-state index in [1.54, 1.807) is 6.07 Å². The predicted molar refractivity (Wildman–Crippen MR) is 130 cm³/mol. The zero-order valence-electron chi connectivity index (χ0n) is 18.4. The molecule has 0 spiro atoms. The lowest BCUT2D eigenvalue weighted by atomic mass is 9.97. The molecule has 0 aromatic heterocycles. The third-order valence-electron chi connectivity index (χ3n) is 5.61.